The number of rotatable bonds is 10. The Balaban J connectivity index is 1.56. The number of aromatic hydroxyl groups is 1. The Bertz CT molecular complexity index is 1390. The zero-order valence-corrected chi connectivity index (χ0v) is 21.5. The minimum atomic E-state index is -0.273. The molecule has 9 nitrogen and oxygen atoms in total. The Hall–Kier alpha value is -4.31. The lowest BCUT2D eigenvalue weighted by Crippen LogP contribution is -2.22. The molecular weight excluding hydrogens is 490 g/mol. The number of phenols is 1. The Morgan fingerprint density at radius 3 is 2.41 bits per heavy atom. The summed E-state index contributed by atoms with van der Waals surface area (Å²) in [6, 6.07) is 21.9. The van der Waals surface area contributed by atoms with Crippen LogP contribution in [-0.2, 0) is 4.79 Å². The Morgan fingerprint density at radius 2 is 1.73 bits per heavy atom. The summed E-state index contributed by atoms with van der Waals surface area (Å²) in [7, 11) is 3.17. The highest BCUT2D eigenvalue weighted by Crippen LogP contribution is 2.34. The fourth-order valence-corrected chi connectivity index (χ4v) is 4.37. The van der Waals surface area contributed by atoms with E-state index in [9.17, 15) is 9.90 Å². The van der Waals surface area contributed by atoms with Crippen molar-refractivity contribution in [2.24, 2.45) is 5.10 Å². The molecule has 4 aromatic rings. The summed E-state index contributed by atoms with van der Waals surface area (Å²) in [5.74, 6) is 1.79. The van der Waals surface area contributed by atoms with Crippen LogP contribution in [0.15, 0.2) is 83.1 Å². The molecule has 2 N–H and O–H groups in total. The Morgan fingerprint density at radius 1 is 1.00 bits per heavy atom. The molecule has 1 aromatic heterocycles. The number of amides is 1. The van der Waals surface area contributed by atoms with Gasteiger partial charge in [0.2, 0.25) is 0 Å². The number of hydrogen-bond acceptors (Lipinski definition) is 8. The lowest BCUT2D eigenvalue weighted by Gasteiger charge is -2.12. The van der Waals surface area contributed by atoms with E-state index in [1.807, 2.05) is 60.0 Å². The zero-order valence-electron chi connectivity index (χ0n) is 20.7. The molecule has 0 radical (unpaired) electrons. The summed E-state index contributed by atoms with van der Waals surface area (Å²) in [4.78, 5) is 12.6. The first-order chi connectivity index (χ1) is 18.0. The van der Waals surface area contributed by atoms with Crippen LogP contribution in [0, 0.1) is 0 Å². The molecule has 3 aromatic carbocycles. The van der Waals surface area contributed by atoms with Crippen LogP contribution >= 0.6 is 11.8 Å². The smallest absolute Gasteiger partial charge is 0.250 e. The summed E-state index contributed by atoms with van der Waals surface area (Å²) < 4.78 is 12.7. The largest absolute Gasteiger partial charge is 0.508 e. The van der Waals surface area contributed by atoms with Crippen LogP contribution in [0.5, 0.6) is 17.2 Å². The van der Waals surface area contributed by atoms with Crippen molar-refractivity contribution in [2.45, 2.75) is 18.5 Å². The quantitative estimate of drug-likeness (QED) is 0.179. The van der Waals surface area contributed by atoms with Gasteiger partial charge in [0.05, 0.1) is 25.7 Å². The average Bonchev–Trinajstić information content (AvgIpc) is 3.37. The predicted octanol–water partition coefficient (Wildman–Crippen LogP) is 4.68. The SMILES string of the molecule is CCC(=NNC(=O)CSc1nnc(-c2ccc(OC)c(OC)c2)n1-c1ccccc1)c1ccc(O)cc1. The van der Waals surface area contributed by atoms with E-state index in [4.69, 9.17) is 9.47 Å². The lowest BCUT2D eigenvalue weighted by atomic mass is 10.1. The van der Waals surface area contributed by atoms with Crippen LogP contribution in [0.1, 0.15) is 18.9 Å². The molecule has 0 bridgehead atoms. The molecule has 0 atom stereocenters. The molecule has 0 unspecified atom stereocenters. The second-order valence-electron chi connectivity index (χ2n) is 7.83. The van der Waals surface area contributed by atoms with Crippen LogP contribution in [0.3, 0.4) is 0 Å². The minimum absolute atomic E-state index is 0.0903. The number of para-hydroxylation sites is 1. The maximum atomic E-state index is 12.6. The van der Waals surface area contributed by atoms with Crippen molar-refractivity contribution < 1.29 is 19.4 Å². The molecule has 1 heterocycles. The number of carbonyl (C=O) groups excluding carboxylic acids is 1. The van der Waals surface area contributed by atoms with Crippen LogP contribution in [-0.4, -0.2) is 51.5 Å². The van der Waals surface area contributed by atoms with Crippen LogP contribution in [0.4, 0.5) is 0 Å². The topological polar surface area (TPSA) is 111 Å². The maximum absolute atomic E-state index is 12.6. The van der Waals surface area contributed by atoms with Crippen molar-refractivity contribution in [1.82, 2.24) is 20.2 Å². The van der Waals surface area contributed by atoms with Gasteiger partial charge in [-0.15, -0.1) is 10.2 Å². The molecular formula is C27H27N5O4S. The fourth-order valence-electron chi connectivity index (χ4n) is 3.63. The van der Waals surface area contributed by atoms with E-state index < -0.39 is 0 Å². The standard InChI is InChI=1S/C27H27N5O4S/c1-4-22(18-10-13-21(33)14-11-18)28-29-25(34)17-37-27-31-30-26(32(27)20-8-6-5-7-9-20)19-12-15-23(35-2)24(16-19)36-3/h5-16,33H,4,17H2,1-3H3,(H,29,34). The molecule has 0 fully saturated rings. The van der Waals surface area contributed by atoms with Crippen molar-refractivity contribution in [3.63, 3.8) is 0 Å². The molecule has 0 saturated carbocycles. The van der Waals surface area contributed by atoms with Crippen molar-refractivity contribution in [1.29, 1.82) is 0 Å². The van der Waals surface area contributed by atoms with Gasteiger partial charge in [-0.3, -0.25) is 9.36 Å². The number of ether oxygens (including phenoxy) is 2. The fraction of sp³-hybridized carbons (Fsp3) is 0.185. The number of methoxy groups -OCH3 is 2. The van der Waals surface area contributed by atoms with E-state index in [1.165, 1.54) is 11.8 Å². The molecule has 0 aliphatic heterocycles. The van der Waals surface area contributed by atoms with Crippen LogP contribution in [0.25, 0.3) is 17.1 Å². The molecule has 0 saturated heterocycles. The molecule has 190 valence electrons. The molecule has 0 aliphatic carbocycles. The molecule has 4 rings (SSSR count). The van der Waals surface area contributed by atoms with Gasteiger partial charge in [-0.25, -0.2) is 5.43 Å². The summed E-state index contributed by atoms with van der Waals surface area (Å²) >= 11 is 1.26. The van der Waals surface area contributed by atoms with Gasteiger partial charge < -0.3 is 14.6 Å². The first kappa shape index (κ1) is 25.8. The third-order valence-electron chi connectivity index (χ3n) is 5.47. The van der Waals surface area contributed by atoms with E-state index >= 15 is 0 Å². The van der Waals surface area contributed by atoms with Gasteiger partial charge in [-0.1, -0.05) is 36.9 Å². The number of aromatic nitrogens is 3. The third kappa shape index (κ3) is 6.10. The van der Waals surface area contributed by atoms with E-state index in [-0.39, 0.29) is 17.4 Å². The summed E-state index contributed by atoms with van der Waals surface area (Å²) in [5, 5.41) is 23.1. The molecule has 0 spiro atoms. The number of benzene rings is 3. The van der Waals surface area contributed by atoms with Crippen molar-refractivity contribution in [3.05, 3.63) is 78.4 Å². The average molecular weight is 518 g/mol. The Kier molecular flexibility index (Phi) is 8.42. The number of phenolic OH excluding ortho intramolecular Hbond substituents is 1. The van der Waals surface area contributed by atoms with Crippen molar-refractivity contribution >= 4 is 23.4 Å². The molecule has 10 heteroatoms. The number of nitrogens with zero attached hydrogens (tertiary/aromatic N) is 4. The highest BCUT2D eigenvalue weighted by molar-refractivity contribution is 7.99. The van der Waals surface area contributed by atoms with Gasteiger partial charge in [0, 0.05) is 11.3 Å². The van der Waals surface area contributed by atoms with Gasteiger partial charge >= 0.3 is 0 Å². The number of thioether (sulfide) groups is 1. The van der Waals surface area contributed by atoms with E-state index in [1.54, 1.807) is 38.5 Å². The second-order valence-corrected chi connectivity index (χ2v) is 8.77. The number of carbonyl (C=O) groups is 1. The van der Waals surface area contributed by atoms with Crippen LogP contribution in [0.2, 0.25) is 0 Å². The highest BCUT2D eigenvalue weighted by Gasteiger charge is 2.19. The maximum Gasteiger partial charge on any atom is 0.250 e. The van der Waals surface area contributed by atoms with Gasteiger partial charge in [-0.2, -0.15) is 5.10 Å². The molecule has 1 amide bonds. The zero-order chi connectivity index (χ0) is 26.2. The normalized spacial score (nSPS) is 11.3. The summed E-state index contributed by atoms with van der Waals surface area (Å²) in [6.45, 7) is 1.95. The predicted molar refractivity (Wildman–Crippen MR) is 144 cm³/mol. The highest BCUT2D eigenvalue weighted by atomic mass is 32.2. The first-order valence-corrected chi connectivity index (χ1v) is 12.5. The Labute approximate surface area is 219 Å². The van der Waals surface area contributed by atoms with Crippen molar-refractivity contribution in [2.75, 3.05) is 20.0 Å². The minimum Gasteiger partial charge on any atom is -0.508 e. The second kappa shape index (κ2) is 12.1. The van der Waals surface area contributed by atoms with E-state index in [0.29, 0.717) is 34.6 Å². The van der Waals surface area contributed by atoms with E-state index in [0.717, 1.165) is 16.8 Å². The van der Waals surface area contributed by atoms with Crippen LogP contribution < -0.4 is 14.9 Å². The van der Waals surface area contributed by atoms with Crippen molar-refractivity contribution in [3.8, 4) is 34.3 Å². The summed E-state index contributed by atoms with van der Waals surface area (Å²) in [6.07, 6.45) is 0.620. The van der Waals surface area contributed by atoms with Gasteiger partial charge in [-0.05, 0) is 66.6 Å². The summed E-state index contributed by atoms with van der Waals surface area (Å²) in [5.41, 5.74) is 5.81. The molecule has 0 aliphatic rings. The van der Waals surface area contributed by atoms with E-state index in [2.05, 4.69) is 20.7 Å². The number of hydrazone groups is 1. The van der Waals surface area contributed by atoms with Gasteiger partial charge in [0.25, 0.3) is 5.91 Å². The number of hydrogen-bond donors (Lipinski definition) is 2. The monoisotopic (exact) mass is 517 g/mol. The van der Waals surface area contributed by atoms with Gasteiger partial charge in [0.15, 0.2) is 22.5 Å². The van der Waals surface area contributed by atoms with Gasteiger partial charge in [0.1, 0.15) is 5.75 Å². The molecule has 37 heavy (non-hydrogen) atoms. The number of nitrogens with one attached hydrogen (secondary N) is 1. The third-order valence-corrected chi connectivity index (χ3v) is 6.40. The lowest BCUT2D eigenvalue weighted by molar-refractivity contribution is -0.118. The first-order valence-electron chi connectivity index (χ1n) is 11.5.